The lowest BCUT2D eigenvalue weighted by Crippen LogP contribution is -2.34. The summed E-state index contributed by atoms with van der Waals surface area (Å²) in [6, 6.07) is 5.79. The Hall–Kier alpha value is -2.08. The van der Waals surface area contributed by atoms with E-state index in [1.807, 2.05) is 35.4 Å². The zero-order valence-electron chi connectivity index (χ0n) is 13.4. The number of thiazole rings is 1. The number of carbonyl (C=O) groups excluding carboxylic acids is 1. The Morgan fingerprint density at radius 1 is 1.48 bits per heavy atom. The van der Waals surface area contributed by atoms with Crippen molar-refractivity contribution >= 4 is 17.2 Å². The van der Waals surface area contributed by atoms with Crippen LogP contribution in [0.1, 0.15) is 22.7 Å². The van der Waals surface area contributed by atoms with Gasteiger partial charge in [-0.05, 0) is 19.4 Å². The van der Waals surface area contributed by atoms with Crippen molar-refractivity contribution < 1.29 is 14.3 Å². The lowest BCUT2D eigenvalue weighted by atomic mass is 10.1. The van der Waals surface area contributed by atoms with Crippen molar-refractivity contribution in [1.29, 1.82) is 0 Å². The number of aromatic nitrogens is 1. The van der Waals surface area contributed by atoms with Crippen LogP contribution in [0.3, 0.4) is 0 Å². The predicted octanol–water partition coefficient (Wildman–Crippen LogP) is 2.81. The lowest BCUT2D eigenvalue weighted by Gasteiger charge is -2.27. The fourth-order valence-corrected chi connectivity index (χ4v) is 3.31. The maximum Gasteiger partial charge on any atom is 0.228 e. The normalized spacial score (nSPS) is 14.4. The van der Waals surface area contributed by atoms with Crippen molar-refractivity contribution in [2.24, 2.45) is 0 Å². The third kappa shape index (κ3) is 3.64. The van der Waals surface area contributed by atoms with Crippen LogP contribution in [0.4, 0.5) is 0 Å². The first-order chi connectivity index (χ1) is 11.2. The topological polar surface area (TPSA) is 51.7 Å². The number of hydrogen-bond acceptors (Lipinski definition) is 5. The molecule has 0 N–H and O–H groups in total. The molecule has 0 saturated carbocycles. The van der Waals surface area contributed by atoms with Gasteiger partial charge in [0.15, 0.2) is 11.5 Å². The monoisotopic (exact) mass is 332 g/mol. The Balaban J connectivity index is 1.79. The molecule has 3 rings (SSSR count). The minimum atomic E-state index is 0.103. The van der Waals surface area contributed by atoms with E-state index in [0.29, 0.717) is 31.9 Å². The molecular weight excluding hydrogens is 312 g/mol. The summed E-state index contributed by atoms with van der Waals surface area (Å²) in [6.45, 7) is 3.76. The van der Waals surface area contributed by atoms with E-state index < -0.39 is 0 Å². The van der Waals surface area contributed by atoms with Crippen LogP contribution in [-0.4, -0.2) is 36.1 Å². The molecule has 1 aromatic heterocycles. The molecule has 1 aromatic carbocycles. The first-order valence-electron chi connectivity index (χ1n) is 7.65. The van der Waals surface area contributed by atoms with Gasteiger partial charge >= 0.3 is 0 Å². The number of hydrogen-bond donors (Lipinski definition) is 0. The van der Waals surface area contributed by atoms with Crippen molar-refractivity contribution in [2.75, 3.05) is 20.3 Å². The molecule has 5 nitrogen and oxygen atoms in total. The van der Waals surface area contributed by atoms with Crippen molar-refractivity contribution in [3.63, 3.8) is 0 Å². The van der Waals surface area contributed by atoms with Crippen LogP contribution in [-0.2, 0) is 17.8 Å². The molecule has 1 amide bonds. The summed E-state index contributed by atoms with van der Waals surface area (Å²) in [5, 5.41) is 2.95. The molecule has 0 spiro atoms. The van der Waals surface area contributed by atoms with E-state index in [9.17, 15) is 4.79 Å². The van der Waals surface area contributed by atoms with E-state index >= 15 is 0 Å². The highest BCUT2D eigenvalue weighted by molar-refractivity contribution is 7.09. The molecule has 23 heavy (non-hydrogen) atoms. The minimum absolute atomic E-state index is 0.103. The van der Waals surface area contributed by atoms with Crippen molar-refractivity contribution in [3.05, 3.63) is 39.8 Å². The summed E-state index contributed by atoms with van der Waals surface area (Å²) in [6.07, 6.45) is 1.16. The number of ether oxygens (including phenoxy) is 2. The molecule has 0 bridgehead atoms. The van der Waals surface area contributed by atoms with Crippen LogP contribution in [0.25, 0.3) is 0 Å². The number of aryl methyl sites for hydroxylation is 1. The number of benzene rings is 1. The molecule has 0 saturated heterocycles. The Bertz CT molecular complexity index is 699. The second-order valence-corrected chi connectivity index (χ2v) is 6.56. The third-order valence-corrected chi connectivity index (χ3v) is 4.63. The van der Waals surface area contributed by atoms with Gasteiger partial charge in [0.1, 0.15) is 0 Å². The first kappa shape index (κ1) is 15.8. The maximum atomic E-state index is 12.6. The maximum absolute atomic E-state index is 12.6. The van der Waals surface area contributed by atoms with Crippen molar-refractivity contribution in [2.45, 2.75) is 26.3 Å². The van der Waals surface area contributed by atoms with Gasteiger partial charge in [0.2, 0.25) is 5.91 Å². The van der Waals surface area contributed by atoms with Crippen LogP contribution in [0.15, 0.2) is 23.6 Å². The smallest absolute Gasteiger partial charge is 0.228 e. The highest BCUT2D eigenvalue weighted by atomic mass is 32.1. The molecule has 2 aromatic rings. The average Bonchev–Trinajstić information content (AvgIpc) is 2.92. The second kappa shape index (κ2) is 7.00. The summed E-state index contributed by atoms with van der Waals surface area (Å²) < 4.78 is 11.2. The van der Waals surface area contributed by atoms with Crippen molar-refractivity contribution in [1.82, 2.24) is 9.88 Å². The number of amides is 1. The number of para-hydroxylation sites is 1. The van der Waals surface area contributed by atoms with Gasteiger partial charge in [-0.1, -0.05) is 12.1 Å². The van der Waals surface area contributed by atoms with Crippen LogP contribution < -0.4 is 9.47 Å². The van der Waals surface area contributed by atoms with Gasteiger partial charge in [-0.15, -0.1) is 11.3 Å². The number of methoxy groups -OCH3 is 1. The minimum Gasteiger partial charge on any atom is -0.493 e. The molecule has 0 unspecified atom stereocenters. The molecule has 0 radical (unpaired) electrons. The molecule has 2 heterocycles. The van der Waals surface area contributed by atoms with Crippen LogP contribution in [0, 0.1) is 6.92 Å². The fraction of sp³-hybridized carbons (Fsp3) is 0.412. The zero-order valence-corrected chi connectivity index (χ0v) is 14.2. The number of fused-ring (bicyclic) bond motifs is 1. The standard InChI is InChI=1S/C17H20N2O3S/c1-12-18-14(11-23-12)9-16(20)19-7-4-8-22-17-13(10-19)5-3-6-15(17)21-2/h3,5-6,11H,4,7-10H2,1-2H3. The molecule has 1 aliphatic rings. The lowest BCUT2D eigenvalue weighted by molar-refractivity contribution is -0.131. The Labute approximate surface area is 139 Å². The van der Waals surface area contributed by atoms with Gasteiger partial charge in [0, 0.05) is 24.0 Å². The zero-order chi connectivity index (χ0) is 16.2. The van der Waals surface area contributed by atoms with Crippen molar-refractivity contribution in [3.8, 4) is 11.5 Å². The van der Waals surface area contributed by atoms with Crippen LogP contribution >= 0.6 is 11.3 Å². The van der Waals surface area contributed by atoms with Gasteiger partial charge in [-0.2, -0.15) is 0 Å². The largest absolute Gasteiger partial charge is 0.493 e. The van der Waals surface area contributed by atoms with E-state index in [1.54, 1.807) is 18.4 Å². The molecule has 0 atom stereocenters. The molecule has 0 aliphatic carbocycles. The van der Waals surface area contributed by atoms with E-state index in [2.05, 4.69) is 4.98 Å². The van der Waals surface area contributed by atoms with E-state index in [4.69, 9.17) is 9.47 Å². The molecule has 0 fully saturated rings. The number of nitrogens with zero attached hydrogens (tertiary/aromatic N) is 2. The van der Waals surface area contributed by atoms with Gasteiger partial charge in [0.05, 0.1) is 30.8 Å². The van der Waals surface area contributed by atoms with Crippen LogP contribution in [0.2, 0.25) is 0 Å². The Kier molecular flexibility index (Phi) is 4.81. The highest BCUT2D eigenvalue weighted by Gasteiger charge is 2.21. The number of carbonyl (C=O) groups is 1. The third-order valence-electron chi connectivity index (χ3n) is 3.81. The van der Waals surface area contributed by atoms with E-state index in [0.717, 1.165) is 28.4 Å². The molecule has 122 valence electrons. The second-order valence-electron chi connectivity index (χ2n) is 5.50. The average molecular weight is 332 g/mol. The van der Waals surface area contributed by atoms with E-state index in [-0.39, 0.29) is 5.91 Å². The summed E-state index contributed by atoms with van der Waals surface area (Å²) in [7, 11) is 1.63. The summed E-state index contributed by atoms with van der Waals surface area (Å²) in [5.74, 6) is 1.56. The van der Waals surface area contributed by atoms with Crippen LogP contribution in [0.5, 0.6) is 11.5 Å². The Morgan fingerprint density at radius 3 is 3.09 bits per heavy atom. The predicted molar refractivity (Wildman–Crippen MR) is 89.1 cm³/mol. The molecule has 6 heteroatoms. The van der Waals surface area contributed by atoms with Gasteiger partial charge < -0.3 is 14.4 Å². The number of rotatable bonds is 3. The van der Waals surface area contributed by atoms with Gasteiger partial charge in [-0.25, -0.2) is 4.98 Å². The summed E-state index contributed by atoms with van der Waals surface area (Å²) >= 11 is 1.58. The summed E-state index contributed by atoms with van der Waals surface area (Å²) in [4.78, 5) is 18.9. The first-order valence-corrected chi connectivity index (χ1v) is 8.53. The molecular formula is C17H20N2O3S. The summed E-state index contributed by atoms with van der Waals surface area (Å²) in [5.41, 5.74) is 1.83. The fourth-order valence-electron chi connectivity index (χ4n) is 2.69. The van der Waals surface area contributed by atoms with E-state index in [1.165, 1.54) is 0 Å². The van der Waals surface area contributed by atoms with Gasteiger partial charge in [-0.3, -0.25) is 4.79 Å². The van der Waals surface area contributed by atoms with Gasteiger partial charge in [0.25, 0.3) is 0 Å². The Morgan fingerprint density at radius 2 is 2.35 bits per heavy atom. The quantitative estimate of drug-likeness (QED) is 0.867. The molecule has 1 aliphatic heterocycles. The highest BCUT2D eigenvalue weighted by Crippen LogP contribution is 2.33. The SMILES string of the molecule is COc1cccc2c1OCCCN(C(=O)Cc1csc(C)n1)C2.